The van der Waals surface area contributed by atoms with Crippen LogP contribution in [0.2, 0.25) is 0 Å². The Balaban J connectivity index is 3.44. The van der Waals surface area contributed by atoms with E-state index in [2.05, 4.69) is 6.92 Å². The summed E-state index contributed by atoms with van der Waals surface area (Å²) in [6.07, 6.45) is 1.60. The van der Waals surface area contributed by atoms with E-state index < -0.39 is 18.2 Å². The summed E-state index contributed by atoms with van der Waals surface area (Å²) >= 11 is 0. The Morgan fingerprint density at radius 2 is 1.93 bits per heavy atom. The van der Waals surface area contributed by atoms with Gasteiger partial charge in [0.2, 0.25) is 0 Å². The quantitative estimate of drug-likeness (QED) is 0.476. The second-order valence-corrected chi connectivity index (χ2v) is 3.41. The molecule has 0 aromatic carbocycles. The predicted octanol–water partition coefficient (Wildman–Crippen LogP) is 0.852. The third-order valence-corrected chi connectivity index (χ3v) is 1.94. The van der Waals surface area contributed by atoms with E-state index in [1.54, 1.807) is 0 Å². The average molecular weight is 204 g/mol. The first kappa shape index (κ1) is 13.4. The van der Waals surface area contributed by atoms with Gasteiger partial charge >= 0.3 is 5.97 Å². The highest BCUT2D eigenvalue weighted by Crippen LogP contribution is 2.01. The zero-order chi connectivity index (χ0) is 11.0. The third kappa shape index (κ3) is 5.94. The first-order valence-electron chi connectivity index (χ1n) is 5.12. The van der Waals surface area contributed by atoms with Crippen LogP contribution in [0.15, 0.2) is 0 Å². The number of aliphatic hydroxyl groups is 2. The largest absolute Gasteiger partial charge is 0.464 e. The van der Waals surface area contributed by atoms with E-state index in [-0.39, 0.29) is 0 Å². The van der Waals surface area contributed by atoms with Crippen molar-refractivity contribution in [3.63, 3.8) is 0 Å². The molecule has 0 heterocycles. The maximum atomic E-state index is 11.0. The molecule has 2 atom stereocenters. The molecule has 0 aliphatic heterocycles. The number of hydrogen-bond donors (Lipinski definition) is 2. The lowest BCUT2D eigenvalue weighted by molar-refractivity contribution is -0.159. The molecule has 0 aromatic heterocycles. The van der Waals surface area contributed by atoms with Gasteiger partial charge in [0.15, 0.2) is 6.10 Å². The topological polar surface area (TPSA) is 66.8 Å². The SMILES string of the molecule is CCCCCCOC(=O)[C@H](O)[C@H](C)O. The van der Waals surface area contributed by atoms with Crippen molar-refractivity contribution >= 4 is 5.97 Å². The molecular weight excluding hydrogens is 184 g/mol. The number of hydrogen-bond acceptors (Lipinski definition) is 4. The summed E-state index contributed by atoms with van der Waals surface area (Å²) < 4.78 is 4.76. The van der Waals surface area contributed by atoms with Gasteiger partial charge in [0, 0.05) is 0 Å². The van der Waals surface area contributed by atoms with Crippen LogP contribution in [0.1, 0.15) is 39.5 Å². The molecule has 14 heavy (non-hydrogen) atoms. The molecule has 0 radical (unpaired) electrons. The van der Waals surface area contributed by atoms with Crippen LogP contribution in [0.5, 0.6) is 0 Å². The van der Waals surface area contributed by atoms with Gasteiger partial charge in [-0.3, -0.25) is 0 Å². The Hall–Kier alpha value is -0.610. The van der Waals surface area contributed by atoms with E-state index in [0.717, 1.165) is 25.7 Å². The van der Waals surface area contributed by atoms with Crippen molar-refractivity contribution in [2.24, 2.45) is 0 Å². The van der Waals surface area contributed by atoms with Crippen LogP contribution >= 0.6 is 0 Å². The molecule has 0 saturated carbocycles. The van der Waals surface area contributed by atoms with Crippen LogP contribution < -0.4 is 0 Å². The summed E-state index contributed by atoms with van der Waals surface area (Å²) in [5, 5.41) is 18.0. The van der Waals surface area contributed by atoms with E-state index in [0.29, 0.717) is 6.61 Å². The maximum Gasteiger partial charge on any atom is 0.337 e. The van der Waals surface area contributed by atoms with Gasteiger partial charge in [-0.25, -0.2) is 4.79 Å². The van der Waals surface area contributed by atoms with Crippen LogP contribution in [-0.2, 0) is 9.53 Å². The zero-order valence-electron chi connectivity index (χ0n) is 8.90. The normalized spacial score (nSPS) is 14.9. The lowest BCUT2D eigenvalue weighted by atomic mass is 10.2. The molecular formula is C10H20O4. The Labute approximate surface area is 84.9 Å². The van der Waals surface area contributed by atoms with Crippen molar-refractivity contribution < 1.29 is 19.7 Å². The van der Waals surface area contributed by atoms with E-state index >= 15 is 0 Å². The second kappa shape index (κ2) is 7.76. The molecule has 0 aromatic rings. The van der Waals surface area contributed by atoms with E-state index in [1.165, 1.54) is 6.92 Å². The average Bonchev–Trinajstić information content (AvgIpc) is 2.16. The summed E-state index contributed by atoms with van der Waals surface area (Å²) in [6, 6.07) is 0. The molecule has 0 spiro atoms. The Bertz CT molecular complexity index is 156. The summed E-state index contributed by atoms with van der Waals surface area (Å²) in [7, 11) is 0. The molecule has 0 aliphatic carbocycles. The van der Waals surface area contributed by atoms with Crippen LogP contribution in [0, 0.1) is 0 Å². The highest BCUT2D eigenvalue weighted by atomic mass is 16.5. The number of esters is 1. The standard InChI is InChI=1S/C10H20O4/c1-3-4-5-6-7-14-10(13)9(12)8(2)11/h8-9,11-12H,3-7H2,1-2H3/t8-,9+/m0/s1. The number of carbonyl (C=O) groups excluding carboxylic acids is 1. The fourth-order valence-corrected chi connectivity index (χ4v) is 0.984. The first-order valence-corrected chi connectivity index (χ1v) is 5.12. The van der Waals surface area contributed by atoms with Crippen molar-refractivity contribution in [1.29, 1.82) is 0 Å². The van der Waals surface area contributed by atoms with Crippen LogP contribution in [-0.4, -0.2) is 35.0 Å². The molecule has 0 fully saturated rings. The molecule has 0 unspecified atom stereocenters. The highest BCUT2D eigenvalue weighted by molar-refractivity contribution is 5.74. The van der Waals surface area contributed by atoms with Crippen molar-refractivity contribution in [3.8, 4) is 0 Å². The lowest BCUT2D eigenvalue weighted by Crippen LogP contribution is -2.33. The van der Waals surface area contributed by atoms with Crippen molar-refractivity contribution in [1.82, 2.24) is 0 Å². The molecule has 0 bridgehead atoms. The van der Waals surface area contributed by atoms with E-state index in [1.807, 2.05) is 0 Å². The number of unbranched alkanes of at least 4 members (excludes halogenated alkanes) is 3. The number of aliphatic hydroxyl groups excluding tert-OH is 2. The first-order chi connectivity index (χ1) is 6.59. The molecule has 4 nitrogen and oxygen atoms in total. The zero-order valence-corrected chi connectivity index (χ0v) is 8.90. The minimum atomic E-state index is -1.42. The van der Waals surface area contributed by atoms with E-state index in [9.17, 15) is 4.79 Å². The smallest absolute Gasteiger partial charge is 0.337 e. The number of ether oxygens (including phenoxy) is 1. The van der Waals surface area contributed by atoms with Gasteiger partial charge in [0.25, 0.3) is 0 Å². The summed E-state index contributed by atoms with van der Waals surface area (Å²) in [5.74, 6) is -0.739. The van der Waals surface area contributed by atoms with Gasteiger partial charge in [-0.05, 0) is 13.3 Å². The fourth-order valence-electron chi connectivity index (χ4n) is 0.984. The summed E-state index contributed by atoms with van der Waals surface area (Å²) in [6.45, 7) is 3.77. The van der Waals surface area contributed by atoms with Crippen molar-refractivity contribution in [2.45, 2.75) is 51.7 Å². The van der Waals surface area contributed by atoms with E-state index in [4.69, 9.17) is 14.9 Å². The van der Waals surface area contributed by atoms with Gasteiger partial charge in [-0.2, -0.15) is 0 Å². The summed E-state index contributed by atoms with van der Waals surface area (Å²) in [4.78, 5) is 11.0. The Morgan fingerprint density at radius 1 is 1.29 bits per heavy atom. The predicted molar refractivity (Wildman–Crippen MR) is 52.8 cm³/mol. The Morgan fingerprint density at radius 3 is 2.43 bits per heavy atom. The van der Waals surface area contributed by atoms with Crippen LogP contribution in [0.25, 0.3) is 0 Å². The van der Waals surface area contributed by atoms with Crippen molar-refractivity contribution in [2.75, 3.05) is 6.61 Å². The fraction of sp³-hybridized carbons (Fsp3) is 0.900. The van der Waals surface area contributed by atoms with Gasteiger partial charge in [0.1, 0.15) is 0 Å². The number of carbonyl (C=O) groups is 1. The molecule has 0 amide bonds. The van der Waals surface area contributed by atoms with Gasteiger partial charge in [0.05, 0.1) is 12.7 Å². The lowest BCUT2D eigenvalue weighted by Gasteiger charge is -2.12. The molecule has 4 heteroatoms. The monoisotopic (exact) mass is 204 g/mol. The van der Waals surface area contributed by atoms with Crippen LogP contribution in [0.3, 0.4) is 0 Å². The molecule has 84 valence electrons. The van der Waals surface area contributed by atoms with Crippen molar-refractivity contribution in [3.05, 3.63) is 0 Å². The minimum Gasteiger partial charge on any atom is -0.464 e. The molecule has 0 rings (SSSR count). The summed E-state index contributed by atoms with van der Waals surface area (Å²) in [5.41, 5.74) is 0. The third-order valence-electron chi connectivity index (χ3n) is 1.94. The van der Waals surface area contributed by atoms with Gasteiger partial charge in [-0.1, -0.05) is 26.2 Å². The number of rotatable bonds is 7. The highest BCUT2D eigenvalue weighted by Gasteiger charge is 2.21. The molecule has 0 saturated heterocycles. The van der Waals surface area contributed by atoms with Gasteiger partial charge < -0.3 is 14.9 Å². The minimum absolute atomic E-state index is 0.322. The molecule has 2 N–H and O–H groups in total. The maximum absolute atomic E-state index is 11.0. The Kier molecular flexibility index (Phi) is 7.42. The second-order valence-electron chi connectivity index (χ2n) is 3.41. The van der Waals surface area contributed by atoms with Gasteiger partial charge in [-0.15, -0.1) is 0 Å². The molecule has 0 aliphatic rings. The van der Waals surface area contributed by atoms with Crippen LogP contribution in [0.4, 0.5) is 0 Å².